The van der Waals surface area contributed by atoms with Crippen LogP contribution in [0.25, 0.3) is 10.1 Å². The number of nitrogens with zero attached hydrogens (tertiary/aromatic N) is 1. The number of amides is 3. The van der Waals surface area contributed by atoms with Gasteiger partial charge in [-0.05, 0) is 46.5 Å². The van der Waals surface area contributed by atoms with E-state index in [4.69, 9.17) is 9.47 Å². The minimum atomic E-state index is -1.04. The topological polar surface area (TPSA) is 184 Å². The Labute approximate surface area is 291 Å². The summed E-state index contributed by atoms with van der Waals surface area (Å²) in [6, 6.07) is 19.8. The Balaban J connectivity index is 1.17. The van der Waals surface area contributed by atoms with E-state index in [-0.39, 0.29) is 38.3 Å². The number of H-pyrrole nitrogens is 1. The molecule has 3 aromatic carbocycles. The smallest absolute Gasteiger partial charge is 0.321 e. The van der Waals surface area contributed by atoms with Crippen molar-refractivity contribution < 1.29 is 33.8 Å². The second-order valence-electron chi connectivity index (χ2n) is 11.8. The van der Waals surface area contributed by atoms with E-state index < -0.39 is 41.8 Å². The van der Waals surface area contributed by atoms with Crippen molar-refractivity contribution in [2.75, 3.05) is 19.9 Å². The number of aliphatic carboxylic acids is 1. The highest BCUT2D eigenvalue weighted by molar-refractivity contribution is 7.17. The van der Waals surface area contributed by atoms with Crippen molar-refractivity contribution in [3.05, 3.63) is 113 Å². The fourth-order valence-corrected chi connectivity index (χ4v) is 6.73. The van der Waals surface area contributed by atoms with Gasteiger partial charge in [0.05, 0.1) is 18.4 Å². The summed E-state index contributed by atoms with van der Waals surface area (Å²) in [5.41, 5.74) is 2.71. The molecule has 50 heavy (non-hydrogen) atoms. The average Bonchev–Trinajstić information content (AvgIpc) is 3.91. The number of nitrogens with one attached hydrogen (secondary N) is 5. The number of carboxylic acids is 1. The summed E-state index contributed by atoms with van der Waals surface area (Å²) in [6.45, 7) is -0.256. The van der Waals surface area contributed by atoms with E-state index in [2.05, 4.69) is 31.2 Å². The van der Waals surface area contributed by atoms with Crippen molar-refractivity contribution in [1.82, 2.24) is 31.2 Å². The molecular formula is C36H36N6O7S. The first-order valence-corrected chi connectivity index (χ1v) is 16.9. The first-order valence-electron chi connectivity index (χ1n) is 16.0. The highest BCUT2D eigenvalue weighted by Gasteiger charge is 2.28. The van der Waals surface area contributed by atoms with E-state index in [0.717, 1.165) is 21.2 Å². The van der Waals surface area contributed by atoms with Crippen LogP contribution in [0.4, 0.5) is 0 Å². The molecule has 1 aliphatic heterocycles. The maximum Gasteiger partial charge on any atom is 0.321 e. The molecule has 0 unspecified atom stereocenters. The lowest BCUT2D eigenvalue weighted by Gasteiger charge is -2.25. The van der Waals surface area contributed by atoms with Crippen LogP contribution < -0.4 is 30.7 Å². The van der Waals surface area contributed by atoms with Gasteiger partial charge < -0.3 is 40.8 Å². The van der Waals surface area contributed by atoms with Gasteiger partial charge in [-0.2, -0.15) is 0 Å². The predicted octanol–water partition coefficient (Wildman–Crippen LogP) is 2.82. The predicted molar refractivity (Wildman–Crippen MR) is 186 cm³/mol. The van der Waals surface area contributed by atoms with Crippen LogP contribution >= 0.6 is 11.3 Å². The van der Waals surface area contributed by atoms with E-state index in [1.54, 1.807) is 35.7 Å². The average molecular weight is 697 g/mol. The molecule has 0 saturated heterocycles. The highest BCUT2D eigenvalue weighted by atomic mass is 32.1. The molecule has 14 heteroatoms. The van der Waals surface area contributed by atoms with Crippen LogP contribution in [0.15, 0.2) is 90.7 Å². The zero-order chi connectivity index (χ0) is 34.9. The van der Waals surface area contributed by atoms with E-state index in [0.29, 0.717) is 23.6 Å². The largest absolute Gasteiger partial charge is 0.480 e. The number of hydrogen-bond donors (Lipinski definition) is 6. The van der Waals surface area contributed by atoms with Gasteiger partial charge in [-0.1, -0.05) is 54.6 Å². The minimum Gasteiger partial charge on any atom is -0.480 e. The lowest BCUT2D eigenvalue weighted by Crippen LogP contribution is -2.55. The molecule has 3 atom stereocenters. The fourth-order valence-electron chi connectivity index (χ4n) is 5.75. The zero-order valence-electron chi connectivity index (χ0n) is 26.9. The summed E-state index contributed by atoms with van der Waals surface area (Å²) < 4.78 is 11.8. The monoisotopic (exact) mass is 696 g/mol. The Morgan fingerprint density at radius 3 is 2.52 bits per heavy atom. The molecule has 0 saturated carbocycles. The van der Waals surface area contributed by atoms with Crippen LogP contribution in [-0.2, 0) is 33.6 Å². The summed E-state index contributed by atoms with van der Waals surface area (Å²) >= 11 is 1.54. The van der Waals surface area contributed by atoms with Gasteiger partial charge in [0.1, 0.15) is 12.1 Å². The van der Waals surface area contributed by atoms with Gasteiger partial charge in [0, 0.05) is 42.0 Å². The van der Waals surface area contributed by atoms with E-state index >= 15 is 0 Å². The van der Waals surface area contributed by atoms with Gasteiger partial charge in [-0.15, -0.1) is 11.3 Å². The number of imidazole rings is 1. The highest BCUT2D eigenvalue weighted by Crippen LogP contribution is 2.35. The number of carboxylic acid groups (broad SMARTS) is 1. The molecule has 0 aliphatic carbocycles. The standard InChI is InChI=1S/C36H36N6O7S/c43-32(18-39-34(44)27-10-6-11-30-33(27)49-21-48-30)42-28(14-23-19-50-31-12-5-4-9-26(23)31)35(45)41-25(13-22-7-2-1-3-8-22)17-38-29(36(46)47)15-24-16-37-20-40-24/h1-12,16,19-20,25,28-29,38H,13-15,17-18,21H2,(H,37,40)(H,39,44)(H,41,45)(H,42,43)(H,46,47)/t25-,28+,29+/m1/s1. The number of carbonyl (C=O) groups excluding carboxylic acids is 3. The van der Waals surface area contributed by atoms with Crippen molar-refractivity contribution in [3.63, 3.8) is 0 Å². The molecule has 0 fully saturated rings. The molecule has 3 heterocycles. The molecule has 258 valence electrons. The number of benzene rings is 3. The number of aromatic amines is 1. The number of thiophene rings is 1. The van der Waals surface area contributed by atoms with Crippen molar-refractivity contribution in [1.29, 1.82) is 0 Å². The van der Waals surface area contributed by atoms with Gasteiger partial charge in [0.25, 0.3) is 5.91 Å². The molecule has 6 rings (SSSR count). The summed E-state index contributed by atoms with van der Waals surface area (Å²) in [4.78, 5) is 59.3. The fraction of sp³-hybridized carbons (Fsp3) is 0.250. The SMILES string of the molecule is O=C(CNC(=O)c1cccc2c1OCO2)N[C@@H](Cc1csc2ccccc12)C(=O)N[C@@H](CN[C@@H](Cc1cnc[nH]1)C(=O)O)Cc1ccccc1. The van der Waals surface area contributed by atoms with Gasteiger partial charge in [0.2, 0.25) is 18.6 Å². The van der Waals surface area contributed by atoms with Crippen LogP contribution in [0.5, 0.6) is 11.5 Å². The number of ether oxygens (including phenoxy) is 2. The lowest BCUT2D eigenvalue weighted by atomic mass is 10.0. The van der Waals surface area contributed by atoms with Crippen LogP contribution in [0.3, 0.4) is 0 Å². The summed E-state index contributed by atoms with van der Waals surface area (Å²) in [7, 11) is 0. The second kappa shape index (κ2) is 16.1. The zero-order valence-corrected chi connectivity index (χ0v) is 27.7. The van der Waals surface area contributed by atoms with Gasteiger partial charge in [-0.25, -0.2) is 4.98 Å². The maximum absolute atomic E-state index is 14.1. The van der Waals surface area contributed by atoms with Crippen LogP contribution in [0, 0.1) is 0 Å². The molecule has 1 aliphatic rings. The lowest BCUT2D eigenvalue weighted by molar-refractivity contribution is -0.139. The van der Waals surface area contributed by atoms with E-state index in [1.165, 1.54) is 6.33 Å². The normalized spacial score (nSPS) is 13.7. The molecule has 0 bridgehead atoms. The third-order valence-electron chi connectivity index (χ3n) is 8.25. The van der Waals surface area contributed by atoms with Crippen LogP contribution in [0.2, 0.25) is 0 Å². The molecule has 2 aromatic heterocycles. The molecule has 6 N–H and O–H groups in total. The summed E-state index contributed by atoms with van der Waals surface area (Å²) in [5.74, 6) is -1.83. The number of aromatic nitrogens is 2. The first-order chi connectivity index (χ1) is 24.3. The third-order valence-corrected chi connectivity index (χ3v) is 9.26. The molecule has 0 spiro atoms. The number of fused-ring (bicyclic) bond motifs is 2. The Morgan fingerprint density at radius 2 is 1.72 bits per heavy atom. The summed E-state index contributed by atoms with van der Waals surface area (Å²) in [6.07, 6.45) is 3.82. The number of para-hydroxylation sites is 1. The van der Waals surface area contributed by atoms with Crippen molar-refractivity contribution >= 4 is 45.1 Å². The summed E-state index contributed by atoms with van der Waals surface area (Å²) in [5, 5.41) is 24.4. The molecule has 5 aromatic rings. The molecular weight excluding hydrogens is 660 g/mol. The minimum absolute atomic E-state index is 0.00380. The van der Waals surface area contributed by atoms with E-state index in [1.807, 2.05) is 60.0 Å². The number of carbonyl (C=O) groups is 4. The Bertz CT molecular complexity index is 1950. The third kappa shape index (κ3) is 8.64. The first kappa shape index (κ1) is 34.1. The molecule has 13 nitrogen and oxygen atoms in total. The van der Waals surface area contributed by atoms with Gasteiger partial charge in [0.15, 0.2) is 11.5 Å². The van der Waals surface area contributed by atoms with Crippen molar-refractivity contribution in [3.8, 4) is 11.5 Å². The van der Waals surface area contributed by atoms with Crippen molar-refractivity contribution in [2.45, 2.75) is 37.4 Å². The Morgan fingerprint density at radius 1 is 0.900 bits per heavy atom. The van der Waals surface area contributed by atoms with E-state index in [9.17, 15) is 24.3 Å². The Kier molecular flexibility index (Phi) is 11.0. The number of rotatable bonds is 16. The Hall–Kier alpha value is -5.73. The van der Waals surface area contributed by atoms with Crippen LogP contribution in [-0.4, -0.2) is 76.8 Å². The quantitative estimate of drug-likeness (QED) is 0.0904. The molecule has 0 radical (unpaired) electrons. The van der Waals surface area contributed by atoms with Gasteiger partial charge >= 0.3 is 5.97 Å². The van der Waals surface area contributed by atoms with Crippen LogP contribution in [0.1, 0.15) is 27.2 Å². The molecule has 3 amide bonds. The maximum atomic E-state index is 14.1. The van der Waals surface area contributed by atoms with Crippen molar-refractivity contribution in [2.24, 2.45) is 0 Å². The second-order valence-corrected chi connectivity index (χ2v) is 12.7. The number of hydrogen-bond acceptors (Lipinski definition) is 9. The van der Waals surface area contributed by atoms with Gasteiger partial charge in [-0.3, -0.25) is 19.2 Å².